The number of methoxy groups -OCH3 is 1. The maximum Gasteiger partial charge on any atom is 0.154 e. The van der Waals surface area contributed by atoms with Crippen LogP contribution in [0.1, 0.15) is 18.3 Å². The van der Waals surface area contributed by atoms with Crippen molar-refractivity contribution >= 4 is 11.4 Å². The first-order valence-electron chi connectivity index (χ1n) is 6.29. The number of fused-ring (bicyclic) bond motifs is 1. The van der Waals surface area contributed by atoms with Crippen molar-refractivity contribution in [2.45, 2.75) is 19.6 Å². The van der Waals surface area contributed by atoms with Gasteiger partial charge in [-0.3, -0.25) is 0 Å². The molecule has 0 fully saturated rings. The molecule has 2 heterocycles. The van der Waals surface area contributed by atoms with Gasteiger partial charge in [0.1, 0.15) is 17.9 Å². The van der Waals surface area contributed by atoms with E-state index in [9.17, 15) is 5.11 Å². The molecule has 0 aliphatic carbocycles. The molecule has 1 atom stereocenters. The average Bonchev–Trinajstić information content (AvgIpc) is 2.82. The predicted molar refractivity (Wildman–Crippen MR) is 75.4 cm³/mol. The van der Waals surface area contributed by atoms with E-state index in [1.807, 2.05) is 25.1 Å². The number of aromatic nitrogens is 3. The number of hydrogen-bond acceptors (Lipinski definition) is 5. The summed E-state index contributed by atoms with van der Waals surface area (Å²) in [5.41, 5.74) is 1.24. The van der Waals surface area contributed by atoms with Crippen molar-refractivity contribution in [3.8, 4) is 5.75 Å². The number of para-hydroxylation sites is 1. The lowest BCUT2D eigenvalue weighted by atomic mass is 10.00. The second-order valence-electron chi connectivity index (χ2n) is 4.90. The monoisotopic (exact) mass is 272 g/mol. The minimum absolute atomic E-state index is 0.672. The van der Waals surface area contributed by atoms with Gasteiger partial charge in [-0.2, -0.15) is 5.10 Å². The summed E-state index contributed by atoms with van der Waals surface area (Å²) in [6, 6.07) is 5.70. The molecule has 1 aliphatic heterocycles. The average molecular weight is 272 g/mol. The Labute approximate surface area is 116 Å². The van der Waals surface area contributed by atoms with Crippen LogP contribution in [0, 0.1) is 6.92 Å². The Hall–Kier alpha value is -2.34. The normalized spacial score (nSPS) is 20.9. The van der Waals surface area contributed by atoms with Crippen LogP contribution < -0.4 is 10.1 Å². The Morgan fingerprint density at radius 1 is 1.40 bits per heavy atom. The molecule has 0 radical (unpaired) electrons. The Morgan fingerprint density at radius 2 is 2.20 bits per heavy atom. The van der Waals surface area contributed by atoms with E-state index >= 15 is 0 Å². The first-order chi connectivity index (χ1) is 9.52. The summed E-state index contributed by atoms with van der Waals surface area (Å²) in [5.74, 6) is 1.42. The van der Waals surface area contributed by atoms with Crippen LogP contribution in [0.2, 0.25) is 0 Å². The lowest BCUT2D eigenvalue weighted by Gasteiger charge is -2.31. The molecule has 0 amide bonds. The number of aryl methyl sites for hydroxylation is 1. The number of aliphatic hydroxyl groups is 1. The lowest BCUT2D eigenvalue weighted by Crippen LogP contribution is -2.36. The number of nitrogens with zero attached hydrogens (tertiary/aromatic N) is 3. The molecule has 1 aromatic carbocycles. The molecule has 1 unspecified atom stereocenters. The Balaban J connectivity index is 2.25. The summed E-state index contributed by atoms with van der Waals surface area (Å²) < 4.78 is 7.06. The van der Waals surface area contributed by atoms with Crippen molar-refractivity contribution in [1.82, 2.24) is 14.8 Å². The standard InChI is InChI=1S/C14H16N4O2/c1-9-15-8-16-18(9)11-7-14(2,19)17-13-10(11)5-4-6-12(13)20-3/h4-8,17,19H,1-3H3. The number of ether oxygens (including phenoxy) is 1. The van der Waals surface area contributed by atoms with Crippen LogP contribution in [0.5, 0.6) is 5.75 Å². The number of anilines is 1. The third-order valence-corrected chi connectivity index (χ3v) is 3.26. The fourth-order valence-corrected chi connectivity index (χ4v) is 2.39. The lowest BCUT2D eigenvalue weighted by molar-refractivity contribution is 0.141. The Bertz CT molecular complexity index is 688. The van der Waals surface area contributed by atoms with Gasteiger partial charge >= 0.3 is 0 Å². The van der Waals surface area contributed by atoms with Crippen LogP contribution in [0.25, 0.3) is 5.70 Å². The van der Waals surface area contributed by atoms with E-state index in [2.05, 4.69) is 15.4 Å². The van der Waals surface area contributed by atoms with Crippen molar-refractivity contribution in [2.75, 3.05) is 12.4 Å². The Morgan fingerprint density at radius 3 is 2.85 bits per heavy atom. The highest BCUT2D eigenvalue weighted by Gasteiger charge is 2.29. The second kappa shape index (κ2) is 4.35. The fourth-order valence-electron chi connectivity index (χ4n) is 2.39. The second-order valence-corrected chi connectivity index (χ2v) is 4.90. The molecule has 6 heteroatoms. The maximum absolute atomic E-state index is 10.4. The molecular formula is C14H16N4O2. The van der Waals surface area contributed by atoms with Gasteiger partial charge in [0.15, 0.2) is 5.72 Å². The number of nitrogens with one attached hydrogen (secondary N) is 1. The van der Waals surface area contributed by atoms with Gasteiger partial charge in [0.2, 0.25) is 0 Å². The van der Waals surface area contributed by atoms with E-state index in [-0.39, 0.29) is 0 Å². The van der Waals surface area contributed by atoms with Crippen LogP contribution in [-0.4, -0.2) is 32.7 Å². The van der Waals surface area contributed by atoms with Crippen molar-refractivity contribution < 1.29 is 9.84 Å². The van der Waals surface area contributed by atoms with E-state index in [0.29, 0.717) is 5.75 Å². The van der Waals surface area contributed by atoms with Crippen molar-refractivity contribution in [1.29, 1.82) is 0 Å². The SMILES string of the molecule is COc1cccc2c1NC(C)(O)C=C2n1ncnc1C. The summed E-state index contributed by atoms with van der Waals surface area (Å²) in [6.45, 7) is 3.54. The largest absolute Gasteiger partial charge is 0.495 e. The van der Waals surface area contributed by atoms with E-state index in [1.54, 1.807) is 24.8 Å². The quantitative estimate of drug-likeness (QED) is 0.869. The molecule has 0 spiro atoms. The molecule has 0 saturated heterocycles. The zero-order chi connectivity index (χ0) is 14.3. The molecule has 104 valence electrons. The van der Waals surface area contributed by atoms with E-state index < -0.39 is 5.72 Å². The summed E-state index contributed by atoms with van der Waals surface area (Å²) in [6.07, 6.45) is 3.21. The van der Waals surface area contributed by atoms with E-state index in [0.717, 1.165) is 22.8 Å². The van der Waals surface area contributed by atoms with Crippen molar-refractivity contribution in [3.05, 3.63) is 42.0 Å². The molecule has 20 heavy (non-hydrogen) atoms. The molecule has 1 aliphatic rings. The number of hydrogen-bond donors (Lipinski definition) is 2. The van der Waals surface area contributed by atoms with E-state index in [1.165, 1.54) is 6.33 Å². The summed E-state index contributed by atoms with van der Waals surface area (Å²) in [4.78, 5) is 4.13. The molecule has 0 saturated carbocycles. The zero-order valence-electron chi connectivity index (χ0n) is 11.6. The van der Waals surface area contributed by atoms with Crippen LogP contribution >= 0.6 is 0 Å². The van der Waals surface area contributed by atoms with Crippen molar-refractivity contribution in [2.24, 2.45) is 0 Å². The number of benzene rings is 1. The van der Waals surface area contributed by atoms with Gasteiger partial charge in [-0.15, -0.1) is 0 Å². The molecule has 0 bridgehead atoms. The molecule has 6 nitrogen and oxygen atoms in total. The fraction of sp³-hybridized carbons (Fsp3) is 0.286. The highest BCUT2D eigenvalue weighted by molar-refractivity contribution is 5.84. The summed E-state index contributed by atoms with van der Waals surface area (Å²) in [7, 11) is 1.60. The van der Waals surface area contributed by atoms with Gasteiger partial charge in [-0.1, -0.05) is 12.1 Å². The minimum Gasteiger partial charge on any atom is -0.495 e. The van der Waals surface area contributed by atoms with Crippen LogP contribution in [0.3, 0.4) is 0 Å². The van der Waals surface area contributed by atoms with Gasteiger partial charge in [-0.25, -0.2) is 9.67 Å². The summed E-state index contributed by atoms with van der Waals surface area (Å²) >= 11 is 0. The van der Waals surface area contributed by atoms with Gasteiger partial charge < -0.3 is 15.2 Å². The third-order valence-electron chi connectivity index (χ3n) is 3.26. The van der Waals surface area contributed by atoms with Gasteiger partial charge in [-0.05, 0) is 26.0 Å². The molecule has 1 aromatic heterocycles. The highest BCUT2D eigenvalue weighted by atomic mass is 16.5. The molecule has 2 N–H and O–H groups in total. The number of rotatable bonds is 2. The highest BCUT2D eigenvalue weighted by Crippen LogP contribution is 2.39. The van der Waals surface area contributed by atoms with Crippen LogP contribution in [0.15, 0.2) is 30.6 Å². The third kappa shape index (κ3) is 1.94. The predicted octanol–water partition coefficient (Wildman–Crippen LogP) is 1.62. The smallest absolute Gasteiger partial charge is 0.154 e. The van der Waals surface area contributed by atoms with Crippen molar-refractivity contribution in [3.63, 3.8) is 0 Å². The maximum atomic E-state index is 10.4. The summed E-state index contributed by atoms with van der Waals surface area (Å²) in [5, 5.41) is 17.7. The molecule has 3 rings (SSSR count). The van der Waals surface area contributed by atoms with Crippen LogP contribution in [0.4, 0.5) is 5.69 Å². The van der Waals surface area contributed by atoms with Crippen LogP contribution in [-0.2, 0) is 0 Å². The van der Waals surface area contributed by atoms with Gasteiger partial charge in [0, 0.05) is 5.56 Å². The first-order valence-corrected chi connectivity index (χ1v) is 6.29. The molecular weight excluding hydrogens is 256 g/mol. The van der Waals surface area contributed by atoms with Gasteiger partial charge in [0.05, 0.1) is 18.5 Å². The first kappa shape index (κ1) is 12.7. The zero-order valence-corrected chi connectivity index (χ0v) is 11.6. The van der Waals surface area contributed by atoms with E-state index in [4.69, 9.17) is 4.74 Å². The van der Waals surface area contributed by atoms with Gasteiger partial charge in [0.25, 0.3) is 0 Å². The Kier molecular flexibility index (Phi) is 2.76. The minimum atomic E-state index is -1.19. The molecule has 2 aromatic rings. The topological polar surface area (TPSA) is 72.2 Å².